The van der Waals surface area contributed by atoms with E-state index in [9.17, 15) is 28.6 Å². The Bertz CT molecular complexity index is 1190. The summed E-state index contributed by atoms with van der Waals surface area (Å²) in [5.41, 5.74) is 2.19. The molecule has 0 saturated heterocycles. The van der Waals surface area contributed by atoms with Gasteiger partial charge in [0, 0.05) is 47.2 Å². The molecule has 0 aromatic heterocycles. The molecule has 1 unspecified atom stereocenters. The molecule has 7 heteroatoms. The van der Waals surface area contributed by atoms with Crippen LogP contribution in [0.15, 0.2) is 54.6 Å². The third-order valence-electron chi connectivity index (χ3n) is 5.97. The van der Waals surface area contributed by atoms with E-state index in [4.69, 9.17) is 0 Å². The van der Waals surface area contributed by atoms with Crippen LogP contribution >= 0.6 is 0 Å². The van der Waals surface area contributed by atoms with Crippen molar-refractivity contribution in [2.24, 2.45) is 5.92 Å². The summed E-state index contributed by atoms with van der Waals surface area (Å²) in [6, 6.07) is 13.2. The van der Waals surface area contributed by atoms with E-state index in [1.165, 1.54) is 6.07 Å². The highest BCUT2D eigenvalue weighted by molar-refractivity contribution is 5.98. The lowest BCUT2D eigenvalue weighted by atomic mass is 9.81. The highest BCUT2D eigenvalue weighted by atomic mass is 19.1. The molecule has 0 heterocycles. The Balaban J connectivity index is 1.46. The normalized spacial score (nSPS) is 15.0. The largest absolute Gasteiger partial charge is 0.508 e. The summed E-state index contributed by atoms with van der Waals surface area (Å²) in [4.78, 5) is 25.2. The van der Waals surface area contributed by atoms with Gasteiger partial charge in [-0.1, -0.05) is 30.3 Å². The van der Waals surface area contributed by atoms with E-state index in [0.29, 0.717) is 40.7 Å². The highest BCUT2D eigenvalue weighted by Crippen LogP contribution is 2.40. The number of phenols is 2. The summed E-state index contributed by atoms with van der Waals surface area (Å²) < 4.78 is 26.7. The molecule has 4 rings (SSSR count). The molecule has 3 N–H and O–H groups in total. The molecule has 0 spiro atoms. The molecule has 1 atom stereocenters. The second kappa shape index (κ2) is 9.40. The van der Waals surface area contributed by atoms with E-state index in [-0.39, 0.29) is 42.6 Å². The van der Waals surface area contributed by atoms with E-state index in [1.807, 2.05) is 6.07 Å². The molecular formula is C26H23F2NO4. The Kier molecular flexibility index (Phi) is 6.40. The van der Waals surface area contributed by atoms with Crippen LogP contribution in [0.2, 0.25) is 0 Å². The molecule has 3 aromatic carbocycles. The molecule has 0 bridgehead atoms. The van der Waals surface area contributed by atoms with Crippen molar-refractivity contribution in [3.05, 3.63) is 94.0 Å². The molecule has 0 radical (unpaired) electrons. The van der Waals surface area contributed by atoms with Gasteiger partial charge in [-0.15, -0.1) is 0 Å². The minimum Gasteiger partial charge on any atom is -0.508 e. The SMILES string of the molecule is O=C(Cc1cc(O)c2c(c1O)CCC(C(=O)NCc1cc(F)cc(F)c1)C2)c1ccccc1. The van der Waals surface area contributed by atoms with Crippen molar-refractivity contribution in [1.29, 1.82) is 0 Å². The highest BCUT2D eigenvalue weighted by Gasteiger charge is 2.30. The number of carbonyl (C=O) groups excluding carboxylic acids is 2. The number of aromatic hydroxyl groups is 2. The molecule has 1 amide bonds. The Hall–Kier alpha value is -3.74. The fraction of sp³-hybridized carbons (Fsp3) is 0.231. The van der Waals surface area contributed by atoms with Crippen LogP contribution in [-0.2, 0) is 30.6 Å². The lowest BCUT2D eigenvalue weighted by Crippen LogP contribution is -2.33. The zero-order valence-electron chi connectivity index (χ0n) is 17.8. The molecular weight excluding hydrogens is 428 g/mol. The Morgan fingerprint density at radius 2 is 1.67 bits per heavy atom. The number of nitrogens with one attached hydrogen (secondary N) is 1. The van der Waals surface area contributed by atoms with Gasteiger partial charge in [-0.2, -0.15) is 0 Å². The fourth-order valence-electron chi connectivity index (χ4n) is 4.28. The number of fused-ring (bicyclic) bond motifs is 1. The molecule has 5 nitrogen and oxygen atoms in total. The molecule has 33 heavy (non-hydrogen) atoms. The quantitative estimate of drug-likeness (QED) is 0.387. The van der Waals surface area contributed by atoms with Crippen molar-refractivity contribution in [2.45, 2.75) is 32.2 Å². The van der Waals surface area contributed by atoms with Crippen molar-refractivity contribution in [1.82, 2.24) is 5.32 Å². The zero-order valence-corrected chi connectivity index (χ0v) is 17.8. The topological polar surface area (TPSA) is 86.6 Å². The van der Waals surface area contributed by atoms with Crippen LogP contribution in [0.5, 0.6) is 11.5 Å². The lowest BCUT2D eigenvalue weighted by Gasteiger charge is -2.26. The number of Topliss-reactive ketones (excluding diaryl/α,β-unsaturated/α-hetero) is 1. The van der Waals surface area contributed by atoms with Crippen LogP contribution in [0.25, 0.3) is 0 Å². The van der Waals surface area contributed by atoms with E-state index in [1.54, 1.807) is 24.3 Å². The van der Waals surface area contributed by atoms with E-state index < -0.39 is 17.6 Å². The Labute approximate surface area is 189 Å². The number of benzene rings is 3. The summed E-state index contributed by atoms with van der Waals surface area (Å²) in [5, 5.41) is 24.0. The third kappa shape index (κ3) is 5.03. The second-order valence-corrected chi connectivity index (χ2v) is 8.26. The van der Waals surface area contributed by atoms with Crippen molar-refractivity contribution >= 4 is 11.7 Å². The summed E-state index contributed by atoms with van der Waals surface area (Å²) in [5.74, 6) is -2.46. The van der Waals surface area contributed by atoms with E-state index in [0.717, 1.165) is 18.2 Å². The van der Waals surface area contributed by atoms with Crippen LogP contribution in [0.1, 0.15) is 39.0 Å². The zero-order chi connectivity index (χ0) is 23.5. The average molecular weight is 451 g/mol. The van der Waals surface area contributed by atoms with Gasteiger partial charge in [-0.05, 0) is 43.0 Å². The minimum atomic E-state index is -0.715. The van der Waals surface area contributed by atoms with Gasteiger partial charge >= 0.3 is 0 Å². The first-order valence-electron chi connectivity index (χ1n) is 10.7. The summed E-state index contributed by atoms with van der Waals surface area (Å²) in [6.45, 7) is -0.0192. The maximum atomic E-state index is 13.3. The summed E-state index contributed by atoms with van der Waals surface area (Å²) in [6.07, 6.45) is 0.948. The van der Waals surface area contributed by atoms with Gasteiger partial charge in [0.1, 0.15) is 23.1 Å². The van der Waals surface area contributed by atoms with Crippen molar-refractivity contribution in [3.8, 4) is 11.5 Å². The molecule has 0 aliphatic heterocycles. The number of ketones is 1. The first kappa shape index (κ1) is 22.5. The first-order chi connectivity index (χ1) is 15.8. The van der Waals surface area contributed by atoms with Gasteiger partial charge in [0.25, 0.3) is 0 Å². The second-order valence-electron chi connectivity index (χ2n) is 8.26. The number of rotatable bonds is 6. The predicted molar refractivity (Wildman–Crippen MR) is 118 cm³/mol. The monoisotopic (exact) mass is 451 g/mol. The number of phenolic OH excluding ortho intramolecular Hbond substituents is 2. The minimum absolute atomic E-state index is 0.0192. The predicted octanol–water partition coefficient (Wildman–Crippen LogP) is 4.22. The van der Waals surface area contributed by atoms with Crippen molar-refractivity contribution < 1.29 is 28.6 Å². The molecule has 0 saturated carbocycles. The molecule has 0 fully saturated rings. The lowest BCUT2D eigenvalue weighted by molar-refractivity contribution is -0.125. The van der Waals surface area contributed by atoms with Crippen molar-refractivity contribution in [2.75, 3.05) is 0 Å². The maximum absolute atomic E-state index is 13.3. The molecule has 1 aliphatic carbocycles. The molecule has 170 valence electrons. The van der Waals surface area contributed by atoms with Crippen LogP contribution in [0.4, 0.5) is 8.78 Å². The Morgan fingerprint density at radius 3 is 2.36 bits per heavy atom. The summed E-state index contributed by atoms with van der Waals surface area (Å²) in [7, 11) is 0. The number of hydrogen-bond donors (Lipinski definition) is 3. The third-order valence-corrected chi connectivity index (χ3v) is 5.97. The van der Waals surface area contributed by atoms with Gasteiger partial charge in [0.2, 0.25) is 5.91 Å². The molecule has 3 aromatic rings. The fourth-order valence-corrected chi connectivity index (χ4v) is 4.28. The van der Waals surface area contributed by atoms with Gasteiger partial charge in [0.15, 0.2) is 5.78 Å². The van der Waals surface area contributed by atoms with Crippen LogP contribution in [-0.4, -0.2) is 21.9 Å². The van der Waals surface area contributed by atoms with Crippen molar-refractivity contribution in [3.63, 3.8) is 0 Å². The Morgan fingerprint density at radius 1 is 0.970 bits per heavy atom. The molecule has 1 aliphatic rings. The van der Waals surface area contributed by atoms with Gasteiger partial charge in [-0.25, -0.2) is 8.78 Å². The van der Waals surface area contributed by atoms with Gasteiger partial charge in [-0.3, -0.25) is 9.59 Å². The average Bonchev–Trinajstić information content (AvgIpc) is 2.80. The van der Waals surface area contributed by atoms with E-state index >= 15 is 0 Å². The van der Waals surface area contributed by atoms with Crippen LogP contribution < -0.4 is 5.32 Å². The smallest absolute Gasteiger partial charge is 0.223 e. The maximum Gasteiger partial charge on any atom is 0.223 e. The summed E-state index contributed by atoms with van der Waals surface area (Å²) >= 11 is 0. The first-order valence-corrected chi connectivity index (χ1v) is 10.7. The van der Waals surface area contributed by atoms with Gasteiger partial charge < -0.3 is 15.5 Å². The number of amides is 1. The number of hydrogen-bond acceptors (Lipinski definition) is 4. The number of halogens is 2. The van der Waals surface area contributed by atoms with Crippen LogP contribution in [0, 0.1) is 17.6 Å². The van der Waals surface area contributed by atoms with Gasteiger partial charge in [0.05, 0.1) is 0 Å². The van der Waals surface area contributed by atoms with E-state index in [2.05, 4.69) is 5.32 Å². The standard InChI is InChI=1S/C26H23F2NO4/c27-19-8-15(9-20(28)13-19)14-29-26(33)17-6-7-21-22(10-17)24(31)12-18(25(21)32)11-23(30)16-4-2-1-3-5-16/h1-5,8-9,12-13,17,31-32H,6-7,10-11,14H2,(H,29,33). The number of carbonyl (C=O) groups is 2. The van der Waals surface area contributed by atoms with Crippen LogP contribution in [0.3, 0.4) is 0 Å².